The van der Waals surface area contributed by atoms with Crippen LogP contribution < -0.4 is 5.32 Å². The molecule has 0 aliphatic heterocycles. The number of nitrogens with one attached hydrogen (secondary N) is 1. The number of benzene rings is 1. The SMILES string of the molecule is COCCOCCNCc1ccccc1C(F)(F)F. The lowest BCUT2D eigenvalue weighted by Crippen LogP contribution is -2.22. The van der Waals surface area contributed by atoms with E-state index in [0.29, 0.717) is 26.4 Å². The maximum Gasteiger partial charge on any atom is 0.416 e. The fourth-order valence-electron chi connectivity index (χ4n) is 1.56. The Morgan fingerprint density at radius 2 is 1.84 bits per heavy atom. The monoisotopic (exact) mass is 277 g/mol. The highest BCUT2D eigenvalue weighted by Gasteiger charge is 2.32. The Hall–Kier alpha value is -1.11. The second-order valence-electron chi connectivity index (χ2n) is 3.94. The molecule has 0 saturated heterocycles. The van der Waals surface area contributed by atoms with Crippen molar-refractivity contribution in [3.63, 3.8) is 0 Å². The number of alkyl halides is 3. The van der Waals surface area contributed by atoms with Gasteiger partial charge in [0.05, 0.1) is 25.4 Å². The summed E-state index contributed by atoms with van der Waals surface area (Å²) in [6.07, 6.45) is -4.31. The van der Waals surface area contributed by atoms with Gasteiger partial charge >= 0.3 is 6.18 Å². The minimum atomic E-state index is -4.31. The van der Waals surface area contributed by atoms with Gasteiger partial charge in [-0.05, 0) is 11.6 Å². The van der Waals surface area contributed by atoms with E-state index in [-0.39, 0.29) is 12.1 Å². The molecule has 0 aliphatic carbocycles. The van der Waals surface area contributed by atoms with Crippen molar-refractivity contribution in [3.05, 3.63) is 35.4 Å². The largest absolute Gasteiger partial charge is 0.416 e. The summed E-state index contributed by atoms with van der Waals surface area (Å²) in [4.78, 5) is 0. The van der Waals surface area contributed by atoms with Crippen molar-refractivity contribution < 1.29 is 22.6 Å². The molecule has 1 aromatic rings. The summed E-state index contributed by atoms with van der Waals surface area (Å²) in [6, 6.07) is 5.55. The van der Waals surface area contributed by atoms with Gasteiger partial charge in [-0.1, -0.05) is 18.2 Å². The summed E-state index contributed by atoms with van der Waals surface area (Å²) < 4.78 is 48.1. The average molecular weight is 277 g/mol. The molecule has 1 N–H and O–H groups in total. The Kier molecular flexibility index (Phi) is 6.83. The molecule has 0 aromatic heterocycles. The molecule has 1 rings (SSSR count). The Balaban J connectivity index is 2.33. The van der Waals surface area contributed by atoms with E-state index in [0.717, 1.165) is 6.07 Å². The molecule has 3 nitrogen and oxygen atoms in total. The van der Waals surface area contributed by atoms with E-state index in [9.17, 15) is 13.2 Å². The van der Waals surface area contributed by atoms with Gasteiger partial charge in [-0.2, -0.15) is 13.2 Å². The fraction of sp³-hybridized carbons (Fsp3) is 0.538. The first-order valence-corrected chi connectivity index (χ1v) is 5.98. The Morgan fingerprint density at radius 1 is 1.11 bits per heavy atom. The van der Waals surface area contributed by atoms with Gasteiger partial charge in [0.25, 0.3) is 0 Å². The van der Waals surface area contributed by atoms with Crippen molar-refractivity contribution in [3.8, 4) is 0 Å². The van der Waals surface area contributed by atoms with Crippen LogP contribution in [-0.4, -0.2) is 33.5 Å². The standard InChI is InChI=1S/C13H18F3NO2/c1-18-8-9-19-7-6-17-10-11-4-2-3-5-12(11)13(14,15)16/h2-5,17H,6-10H2,1H3. The van der Waals surface area contributed by atoms with Crippen LogP contribution >= 0.6 is 0 Å². The maximum absolute atomic E-state index is 12.7. The van der Waals surface area contributed by atoms with Gasteiger partial charge in [0, 0.05) is 20.2 Å². The van der Waals surface area contributed by atoms with Crippen molar-refractivity contribution >= 4 is 0 Å². The molecule has 108 valence electrons. The van der Waals surface area contributed by atoms with Gasteiger partial charge < -0.3 is 14.8 Å². The van der Waals surface area contributed by atoms with Crippen LogP contribution in [-0.2, 0) is 22.2 Å². The van der Waals surface area contributed by atoms with Crippen molar-refractivity contribution in [2.45, 2.75) is 12.7 Å². The highest BCUT2D eigenvalue weighted by atomic mass is 19.4. The lowest BCUT2D eigenvalue weighted by Gasteiger charge is -2.13. The second-order valence-corrected chi connectivity index (χ2v) is 3.94. The molecule has 0 saturated carbocycles. The smallest absolute Gasteiger partial charge is 0.382 e. The van der Waals surface area contributed by atoms with Gasteiger partial charge in [0.15, 0.2) is 0 Å². The molecule has 0 aliphatic rings. The second kappa shape index (κ2) is 8.14. The highest BCUT2D eigenvalue weighted by molar-refractivity contribution is 5.29. The molecule has 0 unspecified atom stereocenters. The fourth-order valence-corrected chi connectivity index (χ4v) is 1.56. The molecule has 0 atom stereocenters. The zero-order valence-corrected chi connectivity index (χ0v) is 10.8. The summed E-state index contributed by atoms with van der Waals surface area (Å²) in [5.74, 6) is 0. The van der Waals surface area contributed by atoms with E-state index in [2.05, 4.69) is 5.32 Å². The van der Waals surface area contributed by atoms with E-state index in [1.54, 1.807) is 13.2 Å². The number of halogens is 3. The number of methoxy groups -OCH3 is 1. The van der Waals surface area contributed by atoms with Gasteiger partial charge in [0.1, 0.15) is 0 Å². The molecule has 0 spiro atoms. The molecule has 1 aromatic carbocycles. The molecular weight excluding hydrogens is 259 g/mol. The number of hydrogen-bond acceptors (Lipinski definition) is 3. The van der Waals surface area contributed by atoms with Crippen molar-refractivity contribution in [1.29, 1.82) is 0 Å². The molecular formula is C13H18F3NO2. The van der Waals surface area contributed by atoms with E-state index >= 15 is 0 Å². The third kappa shape index (κ3) is 6.04. The average Bonchev–Trinajstić information content (AvgIpc) is 2.37. The first kappa shape index (κ1) is 15.9. The van der Waals surface area contributed by atoms with Crippen LogP contribution in [0.4, 0.5) is 13.2 Å². The topological polar surface area (TPSA) is 30.5 Å². The summed E-state index contributed by atoms with van der Waals surface area (Å²) >= 11 is 0. The normalized spacial score (nSPS) is 11.8. The maximum atomic E-state index is 12.7. The summed E-state index contributed by atoms with van der Waals surface area (Å²) in [6.45, 7) is 2.10. The number of ether oxygens (including phenoxy) is 2. The van der Waals surface area contributed by atoms with Crippen molar-refractivity contribution in [2.24, 2.45) is 0 Å². The van der Waals surface area contributed by atoms with Gasteiger partial charge in [0.2, 0.25) is 0 Å². The van der Waals surface area contributed by atoms with Gasteiger partial charge in [-0.15, -0.1) is 0 Å². The van der Waals surface area contributed by atoms with Crippen LogP contribution in [0.25, 0.3) is 0 Å². The predicted molar refractivity (Wildman–Crippen MR) is 65.8 cm³/mol. The van der Waals surface area contributed by atoms with E-state index < -0.39 is 11.7 Å². The molecule has 0 radical (unpaired) electrons. The Morgan fingerprint density at radius 3 is 2.53 bits per heavy atom. The van der Waals surface area contributed by atoms with Crippen LogP contribution in [0, 0.1) is 0 Å². The van der Waals surface area contributed by atoms with E-state index in [1.807, 2.05) is 0 Å². The summed E-state index contributed by atoms with van der Waals surface area (Å²) in [5, 5.41) is 2.93. The van der Waals surface area contributed by atoms with Crippen LogP contribution in [0.15, 0.2) is 24.3 Å². The number of rotatable bonds is 8. The molecule has 0 fully saturated rings. The minimum Gasteiger partial charge on any atom is -0.382 e. The lowest BCUT2D eigenvalue weighted by molar-refractivity contribution is -0.138. The third-order valence-corrected chi connectivity index (χ3v) is 2.49. The third-order valence-electron chi connectivity index (χ3n) is 2.49. The molecule has 0 bridgehead atoms. The molecule has 0 heterocycles. The Labute approximate surface area is 110 Å². The lowest BCUT2D eigenvalue weighted by atomic mass is 10.1. The summed E-state index contributed by atoms with van der Waals surface area (Å²) in [5.41, 5.74) is -0.352. The molecule has 6 heteroatoms. The van der Waals surface area contributed by atoms with Crippen LogP contribution in [0.1, 0.15) is 11.1 Å². The van der Waals surface area contributed by atoms with Crippen molar-refractivity contribution in [2.75, 3.05) is 33.5 Å². The molecule has 19 heavy (non-hydrogen) atoms. The first-order chi connectivity index (χ1) is 9.05. The van der Waals surface area contributed by atoms with Crippen LogP contribution in [0.2, 0.25) is 0 Å². The summed E-state index contributed by atoms with van der Waals surface area (Å²) in [7, 11) is 1.58. The predicted octanol–water partition coefficient (Wildman–Crippen LogP) is 2.46. The van der Waals surface area contributed by atoms with E-state index in [4.69, 9.17) is 9.47 Å². The van der Waals surface area contributed by atoms with Crippen LogP contribution in [0.3, 0.4) is 0 Å². The highest BCUT2D eigenvalue weighted by Crippen LogP contribution is 2.31. The first-order valence-electron chi connectivity index (χ1n) is 5.98. The van der Waals surface area contributed by atoms with Gasteiger partial charge in [-0.3, -0.25) is 0 Å². The molecule has 0 amide bonds. The minimum absolute atomic E-state index is 0.170. The zero-order chi connectivity index (χ0) is 14.1. The van der Waals surface area contributed by atoms with Gasteiger partial charge in [-0.25, -0.2) is 0 Å². The number of hydrogen-bond donors (Lipinski definition) is 1. The Bertz CT molecular complexity index is 369. The van der Waals surface area contributed by atoms with Crippen LogP contribution in [0.5, 0.6) is 0 Å². The van der Waals surface area contributed by atoms with E-state index in [1.165, 1.54) is 12.1 Å². The zero-order valence-electron chi connectivity index (χ0n) is 10.8. The van der Waals surface area contributed by atoms with Crippen molar-refractivity contribution in [1.82, 2.24) is 5.32 Å². The quantitative estimate of drug-likeness (QED) is 0.740.